The fraction of sp³-hybridized carbons (Fsp3) is 0.114. The molecule has 0 spiro atoms. The zero-order chi connectivity index (χ0) is 59.0. The topological polar surface area (TPSA) is 0 Å². The van der Waals surface area contributed by atoms with E-state index in [1.165, 1.54) is 171 Å². The molecule has 14 aromatic carbocycles. The Hall–Kier alpha value is -10.1. The lowest BCUT2D eigenvalue weighted by Crippen LogP contribution is -2.28. The molecular weight excluding hydrogens is 1060 g/mol. The quantitative estimate of drug-likeness (QED) is 0.135. The molecule has 0 radical (unpaired) electrons. The van der Waals surface area contributed by atoms with Crippen molar-refractivity contribution in [3.05, 3.63) is 357 Å². The van der Waals surface area contributed by atoms with Gasteiger partial charge in [0.2, 0.25) is 0 Å². The molecular formula is C88H66. The van der Waals surface area contributed by atoms with Crippen molar-refractivity contribution in [1.29, 1.82) is 0 Å². The van der Waals surface area contributed by atoms with E-state index >= 15 is 0 Å². The molecule has 2 unspecified atom stereocenters. The summed E-state index contributed by atoms with van der Waals surface area (Å²) in [5.74, 6) is 0. The van der Waals surface area contributed by atoms with Crippen molar-refractivity contribution >= 4 is 32.3 Å². The molecule has 3 aliphatic carbocycles. The smallest absolute Gasteiger partial charge is 0.0622 e. The molecule has 17 rings (SSSR count). The molecule has 0 N–H and O–H groups in total. The van der Waals surface area contributed by atoms with Crippen LogP contribution in [0.15, 0.2) is 285 Å². The van der Waals surface area contributed by atoms with Gasteiger partial charge in [0.1, 0.15) is 0 Å². The van der Waals surface area contributed by atoms with Gasteiger partial charge in [-0.3, -0.25) is 0 Å². The van der Waals surface area contributed by atoms with Gasteiger partial charge in [0.05, 0.1) is 5.41 Å². The van der Waals surface area contributed by atoms with E-state index in [4.69, 9.17) is 0 Å². The molecule has 88 heavy (non-hydrogen) atoms. The van der Waals surface area contributed by atoms with Crippen LogP contribution in [-0.2, 0) is 29.1 Å². The second kappa shape index (κ2) is 19.7. The Morgan fingerprint density at radius 1 is 0.284 bits per heavy atom. The van der Waals surface area contributed by atoms with Crippen molar-refractivity contribution in [2.75, 3.05) is 0 Å². The minimum atomic E-state index is -0.525. The minimum absolute atomic E-state index is 0.0111. The van der Waals surface area contributed by atoms with Gasteiger partial charge in [-0.25, -0.2) is 0 Å². The Morgan fingerprint density at radius 2 is 0.830 bits per heavy atom. The van der Waals surface area contributed by atoms with Gasteiger partial charge in [-0.1, -0.05) is 287 Å². The molecule has 0 bridgehead atoms. The van der Waals surface area contributed by atoms with Gasteiger partial charge in [-0.15, -0.1) is 0 Å². The van der Waals surface area contributed by atoms with E-state index in [9.17, 15) is 0 Å². The van der Waals surface area contributed by atoms with Gasteiger partial charge in [0, 0.05) is 10.8 Å². The van der Waals surface area contributed by atoms with Crippen molar-refractivity contribution in [2.45, 2.75) is 63.7 Å². The summed E-state index contributed by atoms with van der Waals surface area (Å²) in [7, 11) is 0. The number of rotatable bonds is 9. The average Bonchev–Trinajstić information content (AvgIpc) is 1.56. The Balaban J connectivity index is 0.712. The monoisotopic (exact) mass is 1120 g/mol. The van der Waals surface area contributed by atoms with E-state index in [1.54, 1.807) is 0 Å². The van der Waals surface area contributed by atoms with E-state index in [1.807, 2.05) is 0 Å². The summed E-state index contributed by atoms with van der Waals surface area (Å²) in [5.41, 5.74) is 32.1. The van der Waals surface area contributed by atoms with Crippen LogP contribution in [0.2, 0.25) is 0 Å². The maximum absolute atomic E-state index is 2.50. The molecule has 0 nitrogen and oxygen atoms in total. The van der Waals surface area contributed by atoms with Crippen molar-refractivity contribution in [3.8, 4) is 66.8 Å². The normalized spacial score (nSPS) is 16.5. The molecule has 418 valence electrons. The molecule has 0 aromatic heterocycles. The summed E-state index contributed by atoms with van der Waals surface area (Å²) >= 11 is 0. The highest BCUT2D eigenvalue weighted by Crippen LogP contribution is 2.58. The average molecular weight is 1120 g/mol. The van der Waals surface area contributed by atoms with Gasteiger partial charge in [-0.05, 0) is 217 Å². The Labute approximate surface area is 517 Å². The summed E-state index contributed by atoms with van der Waals surface area (Å²) in [4.78, 5) is 0. The largest absolute Gasteiger partial charge is 0.0713 e. The Bertz CT molecular complexity index is 5220. The van der Waals surface area contributed by atoms with Gasteiger partial charge >= 0.3 is 0 Å². The molecule has 0 heterocycles. The summed E-state index contributed by atoms with van der Waals surface area (Å²) in [6.45, 7) is 11.7. The molecule has 0 fully saturated rings. The fourth-order valence-corrected chi connectivity index (χ4v) is 16.5. The number of hydrogen-bond acceptors (Lipinski definition) is 0. The van der Waals surface area contributed by atoms with Crippen LogP contribution >= 0.6 is 0 Å². The summed E-state index contributed by atoms with van der Waals surface area (Å²) < 4.78 is 0. The molecule has 2 atom stereocenters. The van der Waals surface area contributed by atoms with E-state index in [2.05, 4.69) is 320 Å². The molecule has 0 heteroatoms. The predicted octanol–water partition coefficient (Wildman–Crippen LogP) is 22.6. The number of benzene rings is 14. The SMILES string of the molecule is Cc1ccc2ccc(-c3ccc4c(c3)C(c3ccccc3)(c3cccc(Cc5ccc6ccc(-c7cccc8c7-c7ccccc7C8(C)Cc7cc(C)cc8cc(-c9ccc%10c(c9)-c9ccccc9C%10(C)C)ccc78)cc6c5)c3)c3ccccc3-4)cc2c1. The maximum Gasteiger partial charge on any atom is 0.0713 e. The van der Waals surface area contributed by atoms with Crippen LogP contribution in [0.3, 0.4) is 0 Å². The summed E-state index contributed by atoms with van der Waals surface area (Å²) in [6.07, 6.45) is 1.70. The standard InChI is InChI=1S/C88H66/c1-55-29-31-59-33-35-61(49-66(59)43-55)64-38-41-76-74-21-10-14-27-82(74)88(84(76)53-64,70-18-7-6-8-19-70)71-20-15-17-57(48-71)46-58-30-32-60-34-36-65(51-67(60)47-58)73-24-16-28-83-85(73)77-23-11-13-26-81(77)87(83,5)54-69-45-56(2)44-68-50-62(37-40-72(68)69)63-39-42-80-78(52-63)75-22-9-12-25-79(75)86(80,3)4/h6-45,47-53H,46,54H2,1-5H3. The van der Waals surface area contributed by atoms with Crippen molar-refractivity contribution in [2.24, 2.45) is 0 Å². The molecule has 14 aromatic rings. The first kappa shape index (κ1) is 52.2. The zero-order valence-corrected chi connectivity index (χ0v) is 50.5. The van der Waals surface area contributed by atoms with E-state index in [-0.39, 0.29) is 10.8 Å². The lowest BCUT2D eigenvalue weighted by molar-refractivity contribution is 0.585. The van der Waals surface area contributed by atoms with Crippen LogP contribution in [0.1, 0.15) is 93.1 Å². The predicted molar refractivity (Wildman–Crippen MR) is 371 cm³/mol. The summed E-state index contributed by atoms with van der Waals surface area (Å²) in [5, 5.41) is 7.66. The van der Waals surface area contributed by atoms with Gasteiger partial charge in [-0.2, -0.15) is 0 Å². The Morgan fingerprint density at radius 3 is 1.66 bits per heavy atom. The van der Waals surface area contributed by atoms with Crippen LogP contribution in [0.4, 0.5) is 0 Å². The highest BCUT2D eigenvalue weighted by molar-refractivity contribution is 5.98. The van der Waals surface area contributed by atoms with E-state index in [0.29, 0.717) is 0 Å². The van der Waals surface area contributed by atoms with Gasteiger partial charge in [0.15, 0.2) is 0 Å². The number of hydrogen-bond donors (Lipinski definition) is 0. The second-order valence-electron chi connectivity index (χ2n) is 26.3. The molecule has 3 aliphatic rings. The number of fused-ring (bicyclic) bond motifs is 12. The molecule has 0 saturated carbocycles. The second-order valence-corrected chi connectivity index (χ2v) is 26.3. The fourth-order valence-electron chi connectivity index (χ4n) is 16.5. The first-order valence-electron chi connectivity index (χ1n) is 31.4. The molecule has 0 aliphatic heterocycles. The van der Waals surface area contributed by atoms with Crippen molar-refractivity contribution in [1.82, 2.24) is 0 Å². The van der Waals surface area contributed by atoms with Crippen LogP contribution in [0.25, 0.3) is 99.1 Å². The van der Waals surface area contributed by atoms with Crippen LogP contribution in [-0.4, -0.2) is 0 Å². The summed E-state index contributed by atoms with van der Waals surface area (Å²) in [6, 6.07) is 109. The van der Waals surface area contributed by atoms with Crippen molar-refractivity contribution in [3.63, 3.8) is 0 Å². The lowest BCUT2D eigenvalue weighted by atomic mass is 9.67. The van der Waals surface area contributed by atoms with E-state index < -0.39 is 5.41 Å². The first-order chi connectivity index (χ1) is 43.0. The third-order valence-corrected chi connectivity index (χ3v) is 20.7. The minimum Gasteiger partial charge on any atom is -0.0622 e. The highest BCUT2D eigenvalue weighted by atomic mass is 14.5. The zero-order valence-electron chi connectivity index (χ0n) is 50.5. The third kappa shape index (κ3) is 7.98. The van der Waals surface area contributed by atoms with Gasteiger partial charge in [0.25, 0.3) is 0 Å². The highest BCUT2D eigenvalue weighted by Gasteiger charge is 2.47. The molecule has 0 amide bonds. The number of aryl methyl sites for hydroxylation is 2. The first-order valence-corrected chi connectivity index (χ1v) is 31.4. The molecule has 0 saturated heterocycles. The maximum atomic E-state index is 2.50. The van der Waals surface area contributed by atoms with Crippen LogP contribution in [0, 0.1) is 13.8 Å². The van der Waals surface area contributed by atoms with Crippen molar-refractivity contribution < 1.29 is 0 Å². The van der Waals surface area contributed by atoms with Crippen LogP contribution in [0.5, 0.6) is 0 Å². The van der Waals surface area contributed by atoms with Gasteiger partial charge < -0.3 is 0 Å². The third-order valence-electron chi connectivity index (χ3n) is 20.7. The lowest BCUT2D eigenvalue weighted by Gasteiger charge is -2.34. The Kier molecular flexibility index (Phi) is 11.7. The van der Waals surface area contributed by atoms with Crippen LogP contribution < -0.4 is 0 Å². The van der Waals surface area contributed by atoms with E-state index in [0.717, 1.165) is 12.8 Å².